The van der Waals surface area contributed by atoms with E-state index in [1.165, 1.54) is 21.8 Å². The summed E-state index contributed by atoms with van der Waals surface area (Å²) in [5.41, 5.74) is 17.3. The van der Waals surface area contributed by atoms with E-state index in [2.05, 4.69) is 180 Å². The molecule has 70 heavy (non-hydrogen) atoms. The van der Waals surface area contributed by atoms with Gasteiger partial charge in [0.15, 0.2) is 5.82 Å². The minimum Gasteiger partial charge on any atom is -0.456 e. The highest BCUT2D eigenvalue weighted by molar-refractivity contribution is 6.17. The van der Waals surface area contributed by atoms with Gasteiger partial charge < -0.3 is 17.8 Å². The minimum atomic E-state index is 0.639. The van der Waals surface area contributed by atoms with Gasteiger partial charge in [-0.2, -0.15) is 0 Å². The molecule has 6 heteroatoms. The van der Waals surface area contributed by atoms with Crippen LogP contribution in [0.5, 0.6) is 0 Å². The van der Waals surface area contributed by atoms with Crippen LogP contribution in [0.3, 0.4) is 0 Å². The molecule has 0 aliphatic carbocycles. The van der Waals surface area contributed by atoms with Crippen LogP contribution in [0, 0.1) is 0 Å². The fourth-order valence-electron chi connectivity index (χ4n) is 10.8. The number of benzene rings is 10. The van der Waals surface area contributed by atoms with Crippen molar-refractivity contribution in [2.24, 2.45) is 0 Å². The topological polar surface area (TPSA) is 70.1 Å². The Hall–Kier alpha value is -9.52. The summed E-state index contributed by atoms with van der Waals surface area (Å²) < 4.78 is 21.9. The van der Waals surface area contributed by atoms with Crippen molar-refractivity contribution in [1.82, 2.24) is 14.5 Å². The van der Waals surface area contributed by atoms with Gasteiger partial charge in [0.1, 0.15) is 33.5 Å². The minimum absolute atomic E-state index is 0.639. The second kappa shape index (κ2) is 15.0. The molecular formula is C64H37N3O3. The fraction of sp³-hybridized carbons (Fsp3) is 0. The SMILES string of the molecule is c1ccc(-c2nc(-c3ccc4c(c3)oc3ccccc34)cc(-c3cccc4oc5ccc(-c6cccc7oc8ccc(-c9ccc%10c(c9)c9ccccc9n%10-c9ccccc9)cc8c67)cc5c34)n2)cc1. The molecule has 0 aliphatic heterocycles. The lowest BCUT2D eigenvalue weighted by Crippen LogP contribution is -1.96. The Balaban J connectivity index is 0.876. The first-order chi connectivity index (χ1) is 34.7. The first-order valence-electron chi connectivity index (χ1n) is 23.5. The third kappa shape index (κ3) is 5.93. The van der Waals surface area contributed by atoms with Crippen LogP contribution in [0.15, 0.2) is 238 Å². The van der Waals surface area contributed by atoms with Crippen LogP contribution in [0.25, 0.3) is 149 Å². The van der Waals surface area contributed by atoms with E-state index in [9.17, 15) is 0 Å². The molecule has 0 saturated carbocycles. The van der Waals surface area contributed by atoms with Crippen LogP contribution in [0.2, 0.25) is 0 Å². The maximum atomic E-state index is 6.63. The van der Waals surface area contributed by atoms with Crippen LogP contribution in [-0.2, 0) is 0 Å². The Morgan fingerprint density at radius 3 is 1.63 bits per heavy atom. The Kier molecular flexibility index (Phi) is 8.26. The Bertz CT molecular complexity index is 4590. The Morgan fingerprint density at radius 2 is 0.829 bits per heavy atom. The van der Waals surface area contributed by atoms with E-state index in [1.54, 1.807) is 0 Å². The lowest BCUT2D eigenvalue weighted by atomic mass is 9.95. The number of rotatable bonds is 6. The molecular weight excluding hydrogens is 859 g/mol. The molecule has 0 spiro atoms. The summed E-state index contributed by atoms with van der Waals surface area (Å²) in [6.07, 6.45) is 0. The van der Waals surface area contributed by atoms with E-state index in [-0.39, 0.29) is 0 Å². The molecule has 0 fully saturated rings. The van der Waals surface area contributed by atoms with Crippen molar-refractivity contribution in [1.29, 1.82) is 0 Å². The normalized spacial score (nSPS) is 12.0. The first kappa shape index (κ1) is 38.6. The molecule has 0 bridgehead atoms. The lowest BCUT2D eigenvalue weighted by molar-refractivity contribution is 0.668. The average molecular weight is 896 g/mol. The van der Waals surface area contributed by atoms with Gasteiger partial charge in [-0.1, -0.05) is 133 Å². The highest BCUT2D eigenvalue weighted by atomic mass is 16.3. The van der Waals surface area contributed by atoms with Crippen LogP contribution in [0.1, 0.15) is 0 Å². The predicted octanol–water partition coefficient (Wildman–Crippen LogP) is 17.6. The quantitative estimate of drug-likeness (QED) is 0.166. The van der Waals surface area contributed by atoms with E-state index in [1.807, 2.05) is 48.5 Å². The van der Waals surface area contributed by atoms with Crippen molar-refractivity contribution in [2.45, 2.75) is 0 Å². The number of hydrogen-bond acceptors (Lipinski definition) is 5. The van der Waals surface area contributed by atoms with Gasteiger partial charge in [-0.3, -0.25) is 0 Å². The molecule has 326 valence electrons. The van der Waals surface area contributed by atoms with Gasteiger partial charge in [0, 0.05) is 65.5 Å². The zero-order valence-corrected chi connectivity index (χ0v) is 37.4. The Labute approximate surface area is 399 Å². The molecule has 0 radical (unpaired) electrons. The number of fused-ring (bicyclic) bond motifs is 12. The smallest absolute Gasteiger partial charge is 0.160 e. The number of nitrogens with zero attached hydrogens (tertiary/aromatic N) is 3. The van der Waals surface area contributed by atoms with Gasteiger partial charge in [-0.15, -0.1) is 0 Å². The first-order valence-corrected chi connectivity index (χ1v) is 23.5. The van der Waals surface area contributed by atoms with Gasteiger partial charge in [0.25, 0.3) is 0 Å². The van der Waals surface area contributed by atoms with Gasteiger partial charge in [0.05, 0.1) is 22.4 Å². The van der Waals surface area contributed by atoms with Gasteiger partial charge >= 0.3 is 0 Å². The summed E-state index contributed by atoms with van der Waals surface area (Å²) in [6.45, 7) is 0. The monoisotopic (exact) mass is 895 g/mol. The second-order valence-corrected chi connectivity index (χ2v) is 18.0. The van der Waals surface area contributed by atoms with Gasteiger partial charge in [-0.05, 0) is 113 Å². The molecule has 15 rings (SSSR count). The second-order valence-electron chi connectivity index (χ2n) is 18.0. The maximum absolute atomic E-state index is 6.63. The third-order valence-corrected chi connectivity index (χ3v) is 14.0. The van der Waals surface area contributed by atoms with Crippen LogP contribution < -0.4 is 0 Å². The molecule has 0 amide bonds. The summed E-state index contributed by atoms with van der Waals surface area (Å²) in [7, 11) is 0. The number of aromatic nitrogens is 3. The summed E-state index contributed by atoms with van der Waals surface area (Å²) in [5.74, 6) is 0.639. The summed E-state index contributed by atoms with van der Waals surface area (Å²) in [6, 6.07) is 78.5. The molecule has 5 aromatic heterocycles. The van der Waals surface area contributed by atoms with Gasteiger partial charge in [-0.25, -0.2) is 9.97 Å². The lowest BCUT2D eigenvalue weighted by Gasteiger charge is -2.10. The third-order valence-electron chi connectivity index (χ3n) is 14.0. The highest BCUT2D eigenvalue weighted by Crippen LogP contribution is 2.44. The fourth-order valence-corrected chi connectivity index (χ4v) is 10.8. The number of para-hydroxylation sites is 3. The van der Waals surface area contributed by atoms with E-state index in [4.69, 9.17) is 23.2 Å². The molecule has 15 aromatic rings. The molecule has 0 N–H and O–H groups in total. The van der Waals surface area contributed by atoms with Crippen molar-refractivity contribution in [3.63, 3.8) is 0 Å². The average Bonchev–Trinajstić information content (AvgIpc) is 4.19. The van der Waals surface area contributed by atoms with Crippen molar-refractivity contribution >= 4 is 87.6 Å². The molecule has 0 aliphatic rings. The van der Waals surface area contributed by atoms with Crippen LogP contribution >= 0.6 is 0 Å². The summed E-state index contributed by atoms with van der Waals surface area (Å²) in [5, 5.41) is 8.74. The van der Waals surface area contributed by atoms with Crippen LogP contribution in [0.4, 0.5) is 0 Å². The van der Waals surface area contributed by atoms with Crippen molar-refractivity contribution in [2.75, 3.05) is 0 Å². The van der Waals surface area contributed by atoms with E-state index in [0.29, 0.717) is 5.82 Å². The maximum Gasteiger partial charge on any atom is 0.160 e. The summed E-state index contributed by atoms with van der Waals surface area (Å²) >= 11 is 0. The molecule has 6 nitrogen and oxygen atoms in total. The molecule has 0 unspecified atom stereocenters. The summed E-state index contributed by atoms with van der Waals surface area (Å²) in [4.78, 5) is 10.4. The standard InChI is InChI=1S/C64H37N3O3/c1-3-13-38(14-4-1)64-65-52(42-25-29-47-46-18-8-10-22-56(46)70-61(47)36-42)37-53(66-64)48-20-12-24-60-63(48)51-35-41(28-32-58(51)69-60)44-19-11-23-59-62(44)50-34-40(27-31-57(50)68-59)39-26-30-55-49(33-39)45-17-7-9-21-54(45)67(55)43-15-5-2-6-16-43/h1-37H. The van der Waals surface area contributed by atoms with Gasteiger partial charge in [0.2, 0.25) is 0 Å². The van der Waals surface area contributed by atoms with Crippen molar-refractivity contribution in [3.05, 3.63) is 224 Å². The zero-order chi connectivity index (χ0) is 45.9. The van der Waals surface area contributed by atoms with E-state index >= 15 is 0 Å². The molecule has 0 saturated heterocycles. The molecule has 0 atom stereocenters. The predicted molar refractivity (Wildman–Crippen MR) is 285 cm³/mol. The molecule has 5 heterocycles. The van der Waals surface area contributed by atoms with Crippen molar-refractivity contribution < 1.29 is 13.3 Å². The van der Waals surface area contributed by atoms with Crippen LogP contribution in [-0.4, -0.2) is 14.5 Å². The Morgan fingerprint density at radius 1 is 0.286 bits per heavy atom. The van der Waals surface area contributed by atoms with E-state index in [0.717, 1.165) is 122 Å². The molecule has 10 aromatic carbocycles. The highest BCUT2D eigenvalue weighted by Gasteiger charge is 2.21. The number of furan rings is 3. The van der Waals surface area contributed by atoms with E-state index < -0.39 is 0 Å². The number of hydrogen-bond donors (Lipinski definition) is 0. The van der Waals surface area contributed by atoms with Crippen molar-refractivity contribution in [3.8, 4) is 61.8 Å². The zero-order valence-electron chi connectivity index (χ0n) is 37.4. The largest absolute Gasteiger partial charge is 0.456 e.